The molecule has 2 rings (SSSR count). The minimum absolute atomic E-state index is 0.0400. The van der Waals surface area contributed by atoms with E-state index >= 15 is 0 Å². The molecule has 0 saturated heterocycles. The normalized spacial score (nSPS) is 10.3. The largest absolute Gasteiger partial charge is 0.507 e. The van der Waals surface area contributed by atoms with Gasteiger partial charge in [-0.2, -0.15) is 0 Å². The molecule has 12 heavy (non-hydrogen) atoms. The monoisotopic (exact) mass is 162 g/mol. The summed E-state index contributed by atoms with van der Waals surface area (Å²) in [6.07, 6.45) is 2.87. The van der Waals surface area contributed by atoms with E-state index in [0.717, 1.165) is 6.07 Å². The topological polar surface area (TPSA) is 50.4 Å². The van der Waals surface area contributed by atoms with Crippen LogP contribution in [0.1, 0.15) is 0 Å². The van der Waals surface area contributed by atoms with Crippen LogP contribution in [0.4, 0.5) is 0 Å². The smallest absolute Gasteiger partial charge is 0.182 e. The fourth-order valence-electron chi connectivity index (χ4n) is 1.12. The van der Waals surface area contributed by atoms with Gasteiger partial charge in [-0.25, -0.2) is 0 Å². The summed E-state index contributed by atoms with van der Waals surface area (Å²) in [6, 6.07) is 4.25. The van der Waals surface area contributed by atoms with Crippen molar-refractivity contribution in [2.75, 3.05) is 0 Å². The van der Waals surface area contributed by atoms with Crippen LogP contribution in [0.5, 0.6) is 5.75 Å². The molecule has 0 aromatic heterocycles. The van der Waals surface area contributed by atoms with E-state index in [-0.39, 0.29) is 11.2 Å². The first-order chi connectivity index (χ1) is 5.77. The Morgan fingerprint density at radius 2 is 2.17 bits per heavy atom. The van der Waals surface area contributed by atoms with Crippen LogP contribution in [0.25, 0.3) is 11.1 Å². The van der Waals surface area contributed by atoms with Crippen LogP contribution in [0.2, 0.25) is 0 Å². The molecule has 0 radical (unpaired) electrons. The molecule has 60 valence electrons. The number of fused-ring (bicyclic) bond motifs is 1. The van der Waals surface area contributed by atoms with E-state index in [0.29, 0.717) is 11.1 Å². The van der Waals surface area contributed by atoms with Gasteiger partial charge < -0.3 is 9.52 Å². The number of rotatable bonds is 0. The summed E-state index contributed by atoms with van der Waals surface area (Å²) in [5.41, 5.74) is 1.04. The molecule has 1 N–H and O–H groups in total. The predicted octanol–water partition coefficient (Wildman–Crippen LogP) is 1.45. The molecule has 0 aromatic rings. The van der Waals surface area contributed by atoms with Crippen molar-refractivity contribution in [3.63, 3.8) is 0 Å². The average Bonchev–Trinajstić information content (AvgIpc) is 2.04. The van der Waals surface area contributed by atoms with Crippen LogP contribution in [0.3, 0.4) is 0 Å². The molecule has 0 spiro atoms. The number of phenols is 1. The van der Waals surface area contributed by atoms with Crippen LogP contribution < -0.4 is 5.43 Å². The summed E-state index contributed by atoms with van der Waals surface area (Å²) in [6.45, 7) is 0. The fraction of sp³-hybridized carbons (Fsp3) is 0. The third-order valence-corrected chi connectivity index (χ3v) is 1.68. The molecule has 0 atom stereocenters. The zero-order valence-electron chi connectivity index (χ0n) is 6.15. The molecule has 1 aliphatic heterocycles. The van der Waals surface area contributed by atoms with Crippen LogP contribution in [-0.2, 0) is 0 Å². The highest BCUT2D eigenvalue weighted by atomic mass is 16.3. The lowest BCUT2D eigenvalue weighted by molar-refractivity contribution is 0.471. The Labute approximate surface area is 68.2 Å². The molecule has 1 heterocycles. The highest BCUT2D eigenvalue weighted by molar-refractivity contribution is 5.69. The van der Waals surface area contributed by atoms with Gasteiger partial charge >= 0.3 is 0 Å². The minimum Gasteiger partial charge on any atom is -0.507 e. The highest BCUT2D eigenvalue weighted by Crippen LogP contribution is 2.27. The summed E-state index contributed by atoms with van der Waals surface area (Å²) < 4.78 is 4.85. The van der Waals surface area contributed by atoms with Crippen molar-refractivity contribution in [2.45, 2.75) is 0 Å². The van der Waals surface area contributed by atoms with Crippen molar-refractivity contribution in [1.29, 1.82) is 0 Å². The molecule has 3 heteroatoms. The highest BCUT2D eigenvalue weighted by Gasteiger charge is 2.07. The van der Waals surface area contributed by atoms with Gasteiger partial charge in [0.05, 0.1) is 11.8 Å². The predicted molar refractivity (Wildman–Crippen MR) is 43.3 cm³/mol. The summed E-state index contributed by atoms with van der Waals surface area (Å²) in [5.74, 6) is -0.0400. The first-order valence-electron chi connectivity index (χ1n) is 3.46. The first-order valence-corrected chi connectivity index (χ1v) is 3.46. The second-order valence-corrected chi connectivity index (χ2v) is 2.50. The van der Waals surface area contributed by atoms with E-state index in [2.05, 4.69) is 0 Å². The second kappa shape index (κ2) is 2.37. The van der Waals surface area contributed by atoms with Crippen molar-refractivity contribution in [1.82, 2.24) is 0 Å². The fourth-order valence-corrected chi connectivity index (χ4v) is 1.12. The minimum atomic E-state index is -0.203. The number of benzene rings is 1. The average molecular weight is 162 g/mol. The van der Waals surface area contributed by atoms with Gasteiger partial charge in [-0.1, -0.05) is 0 Å². The van der Waals surface area contributed by atoms with Crippen LogP contribution in [0, 0.1) is 0 Å². The Bertz CT molecular complexity index is 430. The molecule has 0 amide bonds. The maximum atomic E-state index is 10.9. The van der Waals surface area contributed by atoms with Gasteiger partial charge in [0.25, 0.3) is 0 Å². The lowest BCUT2D eigenvalue weighted by Gasteiger charge is -2.03. The van der Waals surface area contributed by atoms with E-state index in [1.807, 2.05) is 0 Å². The van der Waals surface area contributed by atoms with E-state index in [4.69, 9.17) is 4.42 Å². The molecule has 0 fully saturated rings. The molecule has 0 bridgehead atoms. The lowest BCUT2D eigenvalue weighted by Crippen LogP contribution is -1.97. The number of hydrogen-bond donors (Lipinski definition) is 1. The van der Waals surface area contributed by atoms with Gasteiger partial charge in [-0.3, -0.25) is 4.79 Å². The maximum Gasteiger partial charge on any atom is 0.182 e. The summed E-state index contributed by atoms with van der Waals surface area (Å²) in [7, 11) is 0. The SMILES string of the molecule is O=c1cc2ccocc-2c(O)c1. The van der Waals surface area contributed by atoms with Crippen molar-refractivity contribution in [3.8, 4) is 16.9 Å². The Morgan fingerprint density at radius 1 is 1.33 bits per heavy atom. The molecule has 0 saturated carbocycles. The Kier molecular flexibility index (Phi) is 1.37. The quantitative estimate of drug-likeness (QED) is 0.637. The van der Waals surface area contributed by atoms with Crippen molar-refractivity contribution >= 4 is 0 Å². The van der Waals surface area contributed by atoms with Crippen LogP contribution in [-0.4, -0.2) is 5.11 Å². The van der Waals surface area contributed by atoms with Crippen molar-refractivity contribution in [2.24, 2.45) is 0 Å². The molecule has 0 unspecified atom stereocenters. The molecule has 0 aromatic carbocycles. The van der Waals surface area contributed by atoms with Crippen LogP contribution >= 0.6 is 0 Å². The van der Waals surface area contributed by atoms with E-state index in [1.54, 1.807) is 6.07 Å². The molecule has 1 aliphatic carbocycles. The van der Waals surface area contributed by atoms with Crippen LogP contribution in [0.15, 0.2) is 39.9 Å². The van der Waals surface area contributed by atoms with E-state index in [9.17, 15) is 9.90 Å². The van der Waals surface area contributed by atoms with Gasteiger partial charge in [0.15, 0.2) is 5.43 Å². The molecule has 3 nitrogen and oxygen atoms in total. The standard InChI is InChI=1S/C9H6O3/c10-7-3-6-1-2-12-5-8(6)9(11)4-7/h1-5,11H. The Hall–Kier alpha value is -1.77. The number of phenolic OH excluding ortho intramolecular Hbond substituents is 1. The molecular formula is C9H6O3. The zero-order valence-corrected chi connectivity index (χ0v) is 6.15. The third-order valence-electron chi connectivity index (χ3n) is 1.68. The zero-order chi connectivity index (χ0) is 8.55. The number of aromatic hydroxyl groups is 1. The van der Waals surface area contributed by atoms with Gasteiger partial charge in [0, 0.05) is 6.07 Å². The van der Waals surface area contributed by atoms with E-state index in [1.165, 1.54) is 18.6 Å². The van der Waals surface area contributed by atoms with Crippen molar-refractivity contribution < 1.29 is 9.52 Å². The maximum absolute atomic E-state index is 10.9. The van der Waals surface area contributed by atoms with Gasteiger partial charge in [0.2, 0.25) is 0 Å². The molecular weight excluding hydrogens is 156 g/mol. The Morgan fingerprint density at radius 3 is 3.00 bits per heavy atom. The van der Waals surface area contributed by atoms with Gasteiger partial charge in [-0.15, -0.1) is 0 Å². The summed E-state index contributed by atoms with van der Waals surface area (Å²) in [5, 5.41) is 9.29. The second-order valence-electron chi connectivity index (χ2n) is 2.50. The molecule has 2 aliphatic rings. The Balaban J connectivity index is 2.89. The lowest BCUT2D eigenvalue weighted by atomic mass is 10.1. The first kappa shape index (κ1) is 6.91. The summed E-state index contributed by atoms with van der Waals surface area (Å²) >= 11 is 0. The van der Waals surface area contributed by atoms with Crippen molar-refractivity contribution in [3.05, 3.63) is 40.9 Å². The third kappa shape index (κ3) is 0.955. The van der Waals surface area contributed by atoms with Gasteiger partial charge in [0.1, 0.15) is 12.0 Å². The van der Waals surface area contributed by atoms with Gasteiger partial charge in [-0.05, 0) is 17.7 Å². The van der Waals surface area contributed by atoms with E-state index < -0.39 is 0 Å². The number of hydrogen-bond acceptors (Lipinski definition) is 3. The summed E-state index contributed by atoms with van der Waals surface area (Å²) in [4.78, 5) is 10.9.